The van der Waals surface area contributed by atoms with Gasteiger partial charge >= 0.3 is 0 Å². The average molecular weight is 510 g/mol. The van der Waals surface area contributed by atoms with E-state index in [1.165, 1.54) is 24.8 Å². The van der Waals surface area contributed by atoms with Crippen molar-refractivity contribution >= 4 is 16.9 Å². The van der Waals surface area contributed by atoms with E-state index in [1.807, 2.05) is 12.4 Å². The molecule has 38 heavy (non-hydrogen) atoms. The number of rotatable bonds is 8. The van der Waals surface area contributed by atoms with Crippen LogP contribution >= 0.6 is 0 Å². The van der Waals surface area contributed by atoms with E-state index in [9.17, 15) is 4.79 Å². The first kappa shape index (κ1) is 23.6. The molecule has 1 N–H and O–H groups in total. The summed E-state index contributed by atoms with van der Waals surface area (Å²) in [7, 11) is 0. The van der Waals surface area contributed by atoms with Gasteiger partial charge in [0.25, 0.3) is 0 Å². The van der Waals surface area contributed by atoms with Crippen molar-refractivity contribution < 1.29 is 4.79 Å². The average Bonchev–Trinajstić information content (AvgIpc) is 3.51. The number of aromatic nitrogens is 5. The van der Waals surface area contributed by atoms with E-state index in [4.69, 9.17) is 4.98 Å². The van der Waals surface area contributed by atoms with Crippen molar-refractivity contribution in [2.24, 2.45) is 11.8 Å². The Bertz CT molecular complexity index is 1440. The maximum atomic E-state index is 12.3. The summed E-state index contributed by atoms with van der Waals surface area (Å²) in [6.07, 6.45) is 12.9. The van der Waals surface area contributed by atoms with Crippen molar-refractivity contribution in [1.82, 2.24) is 34.5 Å². The molecule has 4 heterocycles. The van der Waals surface area contributed by atoms with E-state index in [-0.39, 0.29) is 0 Å². The Balaban J connectivity index is 0.989. The molecule has 1 amide bonds. The first-order valence-electron chi connectivity index (χ1n) is 14.1. The van der Waals surface area contributed by atoms with Gasteiger partial charge in [-0.2, -0.15) is 5.10 Å². The number of H-pyrrole nitrogens is 1. The van der Waals surface area contributed by atoms with E-state index >= 15 is 0 Å². The van der Waals surface area contributed by atoms with Gasteiger partial charge in [-0.15, -0.1) is 0 Å². The second-order valence-electron chi connectivity index (χ2n) is 11.4. The molecule has 0 spiro atoms. The largest absolute Gasteiger partial charge is 0.342 e. The smallest absolute Gasteiger partial charge is 0.225 e. The highest BCUT2D eigenvalue weighted by Gasteiger charge is 2.34. The molecule has 1 saturated heterocycles. The summed E-state index contributed by atoms with van der Waals surface area (Å²) in [5, 5.41) is 4.59. The minimum Gasteiger partial charge on any atom is -0.342 e. The lowest BCUT2D eigenvalue weighted by Crippen LogP contribution is -2.48. The van der Waals surface area contributed by atoms with Crippen LogP contribution in [-0.2, 0) is 24.3 Å². The van der Waals surface area contributed by atoms with Crippen molar-refractivity contribution in [3.63, 3.8) is 0 Å². The highest BCUT2D eigenvalue weighted by Crippen LogP contribution is 2.31. The van der Waals surface area contributed by atoms with Gasteiger partial charge in [0.2, 0.25) is 5.91 Å². The number of hydrogen-bond donors (Lipinski definition) is 1. The van der Waals surface area contributed by atoms with Gasteiger partial charge in [0.1, 0.15) is 5.82 Å². The van der Waals surface area contributed by atoms with Gasteiger partial charge in [0.05, 0.1) is 17.2 Å². The highest BCUT2D eigenvalue weighted by molar-refractivity contribution is 5.82. The third-order valence-corrected chi connectivity index (χ3v) is 8.41. The fraction of sp³-hybridized carbons (Fsp3) is 0.467. The number of aromatic amines is 1. The lowest BCUT2D eigenvalue weighted by Gasteiger charge is -2.35. The number of carbonyl (C=O) groups excluding carboxylic acids is 1. The van der Waals surface area contributed by atoms with Gasteiger partial charge in [-0.3, -0.25) is 19.4 Å². The van der Waals surface area contributed by atoms with Gasteiger partial charge in [-0.1, -0.05) is 12.5 Å². The van der Waals surface area contributed by atoms with E-state index in [0.29, 0.717) is 18.2 Å². The minimum absolute atomic E-state index is 0.315. The van der Waals surface area contributed by atoms with Crippen molar-refractivity contribution in [2.45, 2.75) is 51.6 Å². The van der Waals surface area contributed by atoms with E-state index in [1.54, 1.807) is 0 Å². The fourth-order valence-electron chi connectivity index (χ4n) is 5.75. The van der Waals surface area contributed by atoms with Crippen LogP contribution in [0.4, 0.5) is 0 Å². The predicted octanol–water partition coefficient (Wildman–Crippen LogP) is 4.27. The molecular formula is C30H35N7O. The molecule has 0 atom stereocenters. The number of hydrogen-bond acceptors (Lipinski definition) is 5. The van der Waals surface area contributed by atoms with Gasteiger partial charge in [-0.05, 0) is 67.0 Å². The Morgan fingerprint density at radius 2 is 1.87 bits per heavy atom. The Kier molecular flexibility index (Phi) is 6.20. The molecule has 0 bridgehead atoms. The second kappa shape index (κ2) is 9.98. The number of pyridine rings is 1. The van der Waals surface area contributed by atoms with Crippen LogP contribution < -0.4 is 0 Å². The topological polar surface area (TPSA) is 82.9 Å². The van der Waals surface area contributed by atoms with Crippen LogP contribution in [0.15, 0.2) is 48.9 Å². The number of piperazine rings is 1. The SMILES string of the molecule is O=C(C1CC1)N1CCN(Cc2ccnc(Cc3nc4ccc(-c5cnn(CC6CCC6)c5)cc4[nH]3)c2)CC1. The summed E-state index contributed by atoms with van der Waals surface area (Å²) in [5.41, 5.74) is 6.59. The third-order valence-electron chi connectivity index (χ3n) is 8.41. The summed E-state index contributed by atoms with van der Waals surface area (Å²) >= 11 is 0. The van der Waals surface area contributed by atoms with Crippen molar-refractivity contribution in [3.05, 3.63) is 66.0 Å². The molecule has 7 rings (SSSR count). The molecular weight excluding hydrogens is 474 g/mol. The maximum absolute atomic E-state index is 12.3. The number of amides is 1. The Hall–Kier alpha value is -3.52. The molecule has 196 valence electrons. The van der Waals surface area contributed by atoms with Crippen molar-refractivity contribution in [3.8, 4) is 11.1 Å². The summed E-state index contributed by atoms with van der Waals surface area (Å²) in [5.74, 6) is 2.40. The Labute approximate surface area is 223 Å². The van der Waals surface area contributed by atoms with Crippen LogP contribution in [0.1, 0.15) is 49.2 Å². The minimum atomic E-state index is 0.315. The van der Waals surface area contributed by atoms with Crippen LogP contribution in [0, 0.1) is 11.8 Å². The number of fused-ring (bicyclic) bond motifs is 1. The third kappa shape index (κ3) is 5.10. The number of nitrogens with one attached hydrogen (secondary N) is 1. The quantitative estimate of drug-likeness (QED) is 0.384. The molecule has 0 radical (unpaired) electrons. The zero-order chi connectivity index (χ0) is 25.5. The van der Waals surface area contributed by atoms with Crippen molar-refractivity contribution in [2.75, 3.05) is 26.2 Å². The zero-order valence-electron chi connectivity index (χ0n) is 21.9. The van der Waals surface area contributed by atoms with Crippen LogP contribution in [0.2, 0.25) is 0 Å². The van der Waals surface area contributed by atoms with Gasteiger partial charge < -0.3 is 9.88 Å². The first-order valence-corrected chi connectivity index (χ1v) is 14.1. The van der Waals surface area contributed by atoms with E-state index in [0.717, 1.165) is 91.7 Å². The highest BCUT2D eigenvalue weighted by atomic mass is 16.2. The van der Waals surface area contributed by atoms with Gasteiger partial charge in [0.15, 0.2) is 0 Å². The molecule has 8 nitrogen and oxygen atoms in total. The number of carbonyl (C=O) groups is 1. The van der Waals surface area contributed by atoms with E-state index in [2.05, 4.69) is 66.1 Å². The zero-order valence-corrected chi connectivity index (χ0v) is 21.9. The Morgan fingerprint density at radius 1 is 1.00 bits per heavy atom. The number of nitrogens with zero attached hydrogens (tertiary/aromatic N) is 6. The summed E-state index contributed by atoms with van der Waals surface area (Å²) in [4.78, 5) is 29.8. The van der Waals surface area contributed by atoms with Gasteiger partial charge in [-0.25, -0.2) is 4.98 Å². The second-order valence-corrected chi connectivity index (χ2v) is 11.4. The molecule has 1 aliphatic heterocycles. The number of benzene rings is 1. The molecule has 2 saturated carbocycles. The fourth-order valence-corrected chi connectivity index (χ4v) is 5.75. The standard InChI is InChI=1S/C30H35N7O/c38-30(23-4-5-23)36-12-10-35(11-13-36)18-22-8-9-31-26(14-22)16-29-33-27-7-6-24(15-28(27)34-29)25-17-32-37(20-25)19-21-2-1-3-21/h6-9,14-15,17,20-21,23H,1-5,10-13,16,18-19H2,(H,33,34). The molecule has 4 aromatic rings. The molecule has 8 heteroatoms. The molecule has 3 fully saturated rings. The van der Waals surface area contributed by atoms with E-state index < -0.39 is 0 Å². The van der Waals surface area contributed by atoms with Crippen molar-refractivity contribution in [1.29, 1.82) is 0 Å². The lowest BCUT2D eigenvalue weighted by molar-refractivity contribution is -0.134. The molecule has 2 aliphatic carbocycles. The summed E-state index contributed by atoms with van der Waals surface area (Å²) < 4.78 is 2.09. The summed E-state index contributed by atoms with van der Waals surface area (Å²) in [6, 6.07) is 10.7. The number of imidazole rings is 1. The normalized spacial score (nSPS) is 18.7. The molecule has 1 aromatic carbocycles. The summed E-state index contributed by atoms with van der Waals surface area (Å²) in [6.45, 7) is 5.46. The predicted molar refractivity (Wildman–Crippen MR) is 146 cm³/mol. The first-order chi connectivity index (χ1) is 18.7. The van der Waals surface area contributed by atoms with Crippen LogP contribution in [0.5, 0.6) is 0 Å². The van der Waals surface area contributed by atoms with Crippen LogP contribution in [0.3, 0.4) is 0 Å². The molecule has 0 unspecified atom stereocenters. The molecule has 3 aromatic heterocycles. The lowest BCUT2D eigenvalue weighted by atomic mass is 9.85. The van der Waals surface area contributed by atoms with Crippen LogP contribution in [0.25, 0.3) is 22.2 Å². The Morgan fingerprint density at radius 3 is 2.66 bits per heavy atom. The van der Waals surface area contributed by atoms with Gasteiger partial charge in [0, 0.05) is 75.3 Å². The van der Waals surface area contributed by atoms with Crippen LogP contribution in [-0.4, -0.2) is 66.6 Å². The monoisotopic (exact) mass is 509 g/mol. The maximum Gasteiger partial charge on any atom is 0.225 e. The molecule has 3 aliphatic rings.